The maximum absolute atomic E-state index is 13.1. The van der Waals surface area contributed by atoms with E-state index in [9.17, 15) is 14.0 Å². The molecule has 1 aromatic carbocycles. The van der Waals surface area contributed by atoms with Gasteiger partial charge in [0.1, 0.15) is 0 Å². The number of amides is 2. The van der Waals surface area contributed by atoms with E-state index < -0.39 is 17.8 Å². The highest BCUT2D eigenvalue weighted by Crippen LogP contribution is 2.09. The number of hydrogen-bond donors (Lipinski definition) is 3. The third-order valence-corrected chi connectivity index (χ3v) is 2.10. The van der Waals surface area contributed by atoms with E-state index in [-0.39, 0.29) is 12.1 Å². The van der Waals surface area contributed by atoms with E-state index in [2.05, 4.69) is 10.6 Å². The van der Waals surface area contributed by atoms with Crippen molar-refractivity contribution in [2.24, 2.45) is 0 Å². The summed E-state index contributed by atoms with van der Waals surface area (Å²) in [6.45, 7) is 1.54. The number of carboxylic acids is 1. The van der Waals surface area contributed by atoms with Crippen LogP contribution in [0.5, 0.6) is 0 Å². The number of hydrogen-bond acceptors (Lipinski definition) is 2. The van der Waals surface area contributed by atoms with Gasteiger partial charge in [0.2, 0.25) is 5.83 Å². The predicted molar refractivity (Wildman–Crippen MR) is 64.7 cm³/mol. The molecule has 0 bridgehead atoms. The number of para-hydroxylation sites is 1. The van der Waals surface area contributed by atoms with Crippen molar-refractivity contribution in [3.05, 3.63) is 41.9 Å². The van der Waals surface area contributed by atoms with Gasteiger partial charge in [0.25, 0.3) is 0 Å². The molecule has 0 saturated heterocycles. The number of aliphatic carboxylic acids is 1. The summed E-state index contributed by atoms with van der Waals surface area (Å²) in [6.07, 6.45) is 0.0698. The zero-order valence-corrected chi connectivity index (χ0v) is 9.74. The number of anilines is 1. The van der Waals surface area contributed by atoms with Crippen molar-refractivity contribution >= 4 is 17.7 Å². The minimum Gasteiger partial charge on any atom is -0.476 e. The van der Waals surface area contributed by atoms with E-state index >= 15 is 0 Å². The molecule has 0 atom stereocenters. The lowest BCUT2D eigenvalue weighted by molar-refractivity contribution is -0.134. The molecule has 0 aliphatic rings. The highest BCUT2D eigenvalue weighted by molar-refractivity contribution is 5.92. The number of allylic oxidation sites excluding steroid dienone is 1. The molecule has 2 amide bonds. The first kappa shape index (κ1) is 13.7. The molecule has 0 heterocycles. The molecule has 5 nitrogen and oxygen atoms in total. The largest absolute Gasteiger partial charge is 0.476 e. The second kappa shape index (κ2) is 6.39. The van der Waals surface area contributed by atoms with Gasteiger partial charge in [-0.05, 0) is 18.6 Å². The van der Waals surface area contributed by atoms with Gasteiger partial charge in [-0.25, -0.2) is 9.59 Å². The standard InChI is InChI=1S/C12H13FN2O3/c1-2-9(10(13)11(16)17)15-12(18)14-8-6-4-3-5-7-8/h3-7H,2H2,1H3,(H,16,17)(H2,14,15,18). The van der Waals surface area contributed by atoms with Crippen LogP contribution in [-0.2, 0) is 4.79 Å². The Balaban J connectivity index is 2.70. The summed E-state index contributed by atoms with van der Waals surface area (Å²) in [7, 11) is 0. The number of carbonyl (C=O) groups excluding carboxylic acids is 1. The summed E-state index contributed by atoms with van der Waals surface area (Å²) in [4.78, 5) is 21.9. The van der Waals surface area contributed by atoms with Crippen molar-refractivity contribution in [2.75, 3.05) is 5.32 Å². The van der Waals surface area contributed by atoms with Crippen LogP contribution >= 0.6 is 0 Å². The third kappa shape index (κ3) is 3.89. The molecule has 3 N–H and O–H groups in total. The van der Waals surface area contributed by atoms with Crippen LogP contribution in [0.15, 0.2) is 41.9 Å². The fourth-order valence-electron chi connectivity index (χ4n) is 1.25. The molecule has 0 aromatic heterocycles. The van der Waals surface area contributed by atoms with Gasteiger partial charge in [-0.2, -0.15) is 4.39 Å². The van der Waals surface area contributed by atoms with Gasteiger partial charge >= 0.3 is 12.0 Å². The topological polar surface area (TPSA) is 78.4 Å². The first-order valence-corrected chi connectivity index (χ1v) is 5.29. The predicted octanol–water partition coefficient (Wildman–Crippen LogP) is 2.48. The molecule has 0 unspecified atom stereocenters. The van der Waals surface area contributed by atoms with Crippen LogP contribution in [0, 0.1) is 0 Å². The first-order valence-electron chi connectivity index (χ1n) is 5.29. The number of carbonyl (C=O) groups is 2. The van der Waals surface area contributed by atoms with E-state index in [0.717, 1.165) is 0 Å². The molecule has 1 aromatic rings. The van der Waals surface area contributed by atoms with Crippen LogP contribution in [-0.4, -0.2) is 17.1 Å². The highest BCUT2D eigenvalue weighted by atomic mass is 19.1. The molecule has 0 radical (unpaired) electrons. The summed E-state index contributed by atoms with van der Waals surface area (Å²) in [6, 6.07) is 7.86. The molecule has 6 heteroatoms. The van der Waals surface area contributed by atoms with Crippen molar-refractivity contribution in [3.8, 4) is 0 Å². The minimum absolute atomic E-state index is 0.0698. The quantitative estimate of drug-likeness (QED) is 0.720. The van der Waals surface area contributed by atoms with Gasteiger partial charge < -0.3 is 15.7 Å². The molecule has 1 rings (SSSR count). The number of carboxylic acid groups (broad SMARTS) is 1. The number of halogens is 1. The highest BCUT2D eigenvalue weighted by Gasteiger charge is 2.14. The lowest BCUT2D eigenvalue weighted by Gasteiger charge is -2.09. The minimum atomic E-state index is -1.70. The summed E-state index contributed by atoms with van der Waals surface area (Å²) in [5.74, 6) is -3.06. The second-order valence-corrected chi connectivity index (χ2v) is 3.40. The molecule has 0 saturated carbocycles. The molecule has 96 valence electrons. The van der Waals surface area contributed by atoms with Crippen LogP contribution in [0.4, 0.5) is 14.9 Å². The van der Waals surface area contributed by atoms with Crippen molar-refractivity contribution in [1.29, 1.82) is 0 Å². The fraction of sp³-hybridized carbons (Fsp3) is 0.167. The Morgan fingerprint density at radius 3 is 2.39 bits per heavy atom. The molecular formula is C12H13FN2O3. The van der Waals surface area contributed by atoms with E-state index in [1.165, 1.54) is 0 Å². The Morgan fingerprint density at radius 1 is 1.28 bits per heavy atom. The Labute approximate surface area is 103 Å². The molecule has 0 aliphatic carbocycles. The SMILES string of the molecule is CCC(NC(=O)Nc1ccccc1)=C(F)C(=O)O. The molecule has 0 aliphatic heterocycles. The lowest BCUT2D eigenvalue weighted by atomic mass is 10.3. The molecule has 0 spiro atoms. The van der Waals surface area contributed by atoms with Crippen LogP contribution in [0.25, 0.3) is 0 Å². The van der Waals surface area contributed by atoms with Crippen molar-refractivity contribution in [3.63, 3.8) is 0 Å². The van der Waals surface area contributed by atoms with Gasteiger partial charge in [-0.1, -0.05) is 25.1 Å². The monoisotopic (exact) mass is 252 g/mol. The second-order valence-electron chi connectivity index (χ2n) is 3.40. The normalized spacial score (nSPS) is 11.4. The van der Waals surface area contributed by atoms with Crippen molar-refractivity contribution < 1.29 is 19.1 Å². The average Bonchev–Trinajstić information content (AvgIpc) is 2.36. The molecule has 18 heavy (non-hydrogen) atoms. The van der Waals surface area contributed by atoms with Gasteiger partial charge in [0.05, 0.1) is 5.70 Å². The smallest absolute Gasteiger partial charge is 0.366 e. The summed E-state index contributed by atoms with van der Waals surface area (Å²) >= 11 is 0. The Hall–Kier alpha value is -2.37. The number of rotatable bonds is 4. The fourth-order valence-corrected chi connectivity index (χ4v) is 1.25. The zero-order chi connectivity index (χ0) is 13.5. The number of urea groups is 1. The van der Waals surface area contributed by atoms with Gasteiger partial charge in [-0.3, -0.25) is 0 Å². The number of nitrogens with one attached hydrogen (secondary N) is 2. The maximum atomic E-state index is 13.1. The van der Waals surface area contributed by atoms with E-state index in [4.69, 9.17) is 5.11 Å². The Bertz CT molecular complexity index is 471. The lowest BCUT2D eigenvalue weighted by Crippen LogP contribution is -2.29. The Kier molecular flexibility index (Phi) is 4.86. The zero-order valence-electron chi connectivity index (χ0n) is 9.74. The maximum Gasteiger partial charge on any atom is 0.366 e. The van der Waals surface area contributed by atoms with Crippen molar-refractivity contribution in [1.82, 2.24) is 5.32 Å². The molecular weight excluding hydrogens is 239 g/mol. The van der Waals surface area contributed by atoms with Gasteiger partial charge in [0.15, 0.2) is 0 Å². The van der Waals surface area contributed by atoms with E-state index in [1.807, 2.05) is 0 Å². The van der Waals surface area contributed by atoms with Crippen LogP contribution in [0.1, 0.15) is 13.3 Å². The van der Waals surface area contributed by atoms with Crippen LogP contribution < -0.4 is 10.6 Å². The summed E-state index contributed by atoms with van der Waals surface area (Å²) in [5, 5.41) is 13.1. The Morgan fingerprint density at radius 2 is 1.89 bits per heavy atom. The summed E-state index contributed by atoms with van der Waals surface area (Å²) in [5.41, 5.74) is 0.261. The first-order chi connectivity index (χ1) is 8.54. The molecule has 0 fully saturated rings. The summed E-state index contributed by atoms with van der Waals surface area (Å²) < 4.78 is 13.1. The van der Waals surface area contributed by atoms with E-state index in [0.29, 0.717) is 5.69 Å². The van der Waals surface area contributed by atoms with Crippen LogP contribution in [0.2, 0.25) is 0 Å². The number of benzene rings is 1. The third-order valence-electron chi connectivity index (χ3n) is 2.10. The van der Waals surface area contributed by atoms with Crippen molar-refractivity contribution in [2.45, 2.75) is 13.3 Å². The van der Waals surface area contributed by atoms with Crippen LogP contribution in [0.3, 0.4) is 0 Å². The van der Waals surface area contributed by atoms with E-state index in [1.54, 1.807) is 37.3 Å². The van der Waals surface area contributed by atoms with Gasteiger partial charge in [0, 0.05) is 5.69 Å². The van der Waals surface area contributed by atoms with Gasteiger partial charge in [-0.15, -0.1) is 0 Å². The average molecular weight is 252 g/mol.